The van der Waals surface area contributed by atoms with Gasteiger partial charge in [-0.1, -0.05) is 0 Å². The van der Waals surface area contributed by atoms with Gasteiger partial charge in [0.2, 0.25) is 0 Å². The van der Waals surface area contributed by atoms with E-state index in [2.05, 4.69) is 9.97 Å². The van der Waals surface area contributed by atoms with Crippen LogP contribution in [0.15, 0.2) is 18.5 Å². The van der Waals surface area contributed by atoms with E-state index in [1.807, 2.05) is 6.20 Å². The first-order valence-corrected chi connectivity index (χ1v) is 4.13. The van der Waals surface area contributed by atoms with Crippen LogP contribution in [0.1, 0.15) is 5.56 Å². The minimum Gasteiger partial charge on any atom is -0.359 e. The fourth-order valence-electron chi connectivity index (χ4n) is 1.38. The lowest BCUT2D eigenvalue weighted by molar-refractivity contribution is 0.624. The number of pyridine rings is 1. The van der Waals surface area contributed by atoms with E-state index in [1.54, 1.807) is 0 Å². The van der Waals surface area contributed by atoms with Crippen molar-refractivity contribution in [1.82, 2.24) is 9.97 Å². The standard InChI is InChI=1S/C9H10FN3/c10-7-3-8-9(13-5-7)6(1-2-11)4-12-8/h3-5,12H,1-2,11H2. The van der Waals surface area contributed by atoms with Crippen LogP contribution >= 0.6 is 0 Å². The molecule has 0 radical (unpaired) electrons. The molecule has 0 fully saturated rings. The molecular formula is C9H10FN3. The van der Waals surface area contributed by atoms with Crippen molar-refractivity contribution < 1.29 is 4.39 Å². The van der Waals surface area contributed by atoms with E-state index in [0.29, 0.717) is 6.54 Å². The zero-order valence-electron chi connectivity index (χ0n) is 7.05. The lowest BCUT2D eigenvalue weighted by atomic mass is 10.2. The van der Waals surface area contributed by atoms with Crippen molar-refractivity contribution in [2.75, 3.05) is 6.54 Å². The SMILES string of the molecule is NCCc1c[nH]c2cc(F)cnc12. The zero-order valence-corrected chi connectivity index (χ0v) is 7.05. The van der Waals surface area contributed by atoms with Gasteiger partial charge in [0, 0.05) is 12.3 Å². The molecule has 0 spiro atoms. The van der Waals surface area contributed by atoms with E-state index >= 15 is 0 Å². The summed E-state index contributed by atoms with van der Waals surface area (Å²) in [5.74, 6) is -0.325. The maximum atomic E-state index is 12.7. The summed E-state index contributed by atoms with van der Waals surface area (Å²) in [7, 11) is 0. The number of nitrogens with zero attached hydrogens (tertiary/aromatic N) is 1. The average molecular weight is 179 g/mol. The summed E-state index contributed by atoms with van der Waals surface area (Å²) in [6.45, 7) is 0.575. The molecule has 0 aromatic carbocycles. The molecule has 2 rings (SSSR count). The van der Waals surface area contributed by atoms with Gasteiger partial charge in [-0.05, 0) is 18.5 Å². The summed E-state index contributed by atoms with van der Waals surface area (Å²) in [6, 6.07) is 1.43. The third kappa shape index (κ3) is 1.40. The summed E-state index contributed by atoms with van der Waals surface area (Å²) in [5, 5.41) is 0. The van der Waals surface area contributed by atoms with Gasteiger partial charge in [0.15, 0.2) is 0 Å². The molecule has 0 unspecified atom stereocenters. The molecule has 2 heterocycles. The number of nitrogens with one attached hydrogen (secondary N) is 1. The zero-order chi connectivity index (χ0) is 9.26. The number of H-pyrrole nitrogens is 1. The fourth-order valence-corrected chi connectivity index (χ4v) is 1.38. The van der Waals surface area contributed by atoms with Crippen LogP contribution < -0.4 is 5.73 Å². The van der Waals surface area contributed by atoms with Crippen molar-refractivity contribution in [3.63, 3.8) is 0 Å². The molecule has 3 N–H and O–H groups in total. The molecule has 2 aromatic rings. The first-order valence-electron chi connectivity index (χ1n) is 4.13. The maximum Gasteiger partial charge on any atom is 0.143 e. The molecule has 68 valence electrons. The van der Waals surface area contributed by atoms with Gasteiger partial charge in [-0.3, -0.25) is 4.98 Å². The van der Waals surface area contributed by atoms with Gasteiger partial charge in [0.05, 0.1) is 17.2 Å². The van der Waals surface area contributed by atoms with Crippen molar-refractivity contribution >= 4 is 11.0 Å². The Bertz CT molecular complexity index is 422. The smallest absolute Gasteiger partial charge is 0.143 e. The number of hydrogen-bond donors (Lipinski definition) is 2. The van der Waals surface area contributed by atoms with Crippen LogP contribution in [0.25, 0.3) is 11.0 Å². The number of aromatic nitrogens is 2. The van der Waals surface area contributed by atoms with E-state index < -0.39 is 0 Å². The average Bonchev–Trinajstić information content (AvgIpc) is 2.49. The molecule has 0 aliphatic heterocycles. The molecule has 0 bridgehead atoms. The lowest BCUT2D eigenvalue weighted by Gasteiger charge is -1.94. The predicted octanol–water partition coefficient (Wildman–Crippen LogP) is 1.20. The number of rotatable bonds is 2. The van der Waals surface area contributed by atoms with Gasteiger partial charge >= 0.3 is 0 Å². The largest absolute Gasteiger partial charge is 0.359 e. The van der Waals surface area contributed by atoms with Crippen LogP contribution in [0, 0.1) is 5.82 Å². The van der Waals surface area contributed by atoms with Crippen molar-refractivity contribution in [3.8, 4) is 0 Å². The Hall–Kier alpha value is -1.42. The number of aromatic amines is 1. The molecule has 4 heteroatoms. The summed E-state index contributed by atoms with van der Waals surface area (Å²) < 4.78 is 12.7. The second kappa shape index (κ2) is 3.14. The minimum atomic E-state index is -0.325. The van der Waals surface area contributed by atoms with Gasteiger partial charge in [-0.25, -0.2) is 4.39 Å². The van der Waals surface area contributed by atoms with Gasteiger partial charge < -0.3 is 10.7 Å². The highest BCUT2D eigenvalue weighted by atomic mass is 19.1. The minimum absolute atomic E-state index is 0.325. The summed E-state index contributed by atoms with van der Waals surface area (Å²) in [4.78, 5) is 6.95. The molecule has 0 saturated carbocycles. The Kier molecular flexibility index (Phi) is 1.98. The number of halogens is 1. The van der Waals surface area contributed by atoms with Crippen molar-refractivity contribution in [3.05, 3.63) is 29.8 Å². The highest BCUT2D eigenvalue weighted by Gasteiger charge is 2.04. The monoisotopic (exact) mass is 179 g/mol. The maximum absolute atomic E-state index is 12.7. The summed E-state index contributed by atoms with van der Waals surface area (Å²) in [5.41, 5.74) is 8.00. The Morgan fingerprint density at radius 2 is 2.38 bits per heavy atom. The van der Waals surface area contributed by atoms with E-state index in [0.717, 1.165) is 23.0 Å². The van der Waals surface area contributed by atoms with Gasteiger partial charge in [-0.15, -0.1) is 0 Å². The summed E-state index contributed by atoms with van der Waals surface area (Å²) in [6.07, 6.45) is 3.80. The van der Waals surface area contributed by atoms with Crippen LogP contribution in [0.3, 0.4) is 0 Å². The third-order valence-electron chi connectivity index (χ3n) is 1.97. The molecule has 0 aliphatic carbocycles. The van der Waals surface area contributed by atoms with Crippen LogP contribution in [0.5, 0.6) is 0 Å². The third-order valence-corrected chi connectivity index (χ3v) is 1.97. The van der Waals surface area contributed by atoms with Gasteiger partial charge in [0.1, 0.15) is 5.82 Å². The summed E-state index contributed by atoms with van der Waals surface area (Å²) >= 11 is 0. The van der Waals surface area contributed by atoms with E-state index in [4.69, 9.17) is 5.73 Å². The van der Waals surface area contributed by atoms with Crippen LogP contribution in [0.4, 0.5) is 4.39 Å². The Labute approximate surface area is 74.8 Å². The van der Waals surface area contributed by atoms with Gasteiger partial charge in [-0.2, -0.15) is 0 Å². The van der Waals surface area contributed by atoms with Crippen LogP contribution in [-0.4, -0.2) is 16.5 Å². The molecule has 0 saturated heterocycles. The molecule has 2 aromatic heterocycles. The molecule has 0 amide bonds. The predicted molar refractivity (Wildman–Crippen MR) is 48.8 cm³/mol. The highest BCUT2D eigenvalue weighted by molar-refractivity contribution is 5.78. The topological polar surface area (TPSA) is 54.7 Å². The Morgan fingerprint density at radius 1 is 1.54 bits per heavy atom. The van der Waals surface area contributed by atoms with Crippen LogP contribution in [0.2, 0.25) is 0 Å². The highest BCUT2D eigenvalue weighted by Crippen LogP contribution is 2.16. The molecule has 3 nitrogen and oxygen atoms in total. The van der Waals surface area contributed by atoms with Crippen molar-refractivity contribution in [2.24, 2.45) is 5.73 Å². The molecule has 0 aliphatic rings. The normalized spacial score (nSPS) is 10.9. The molecule has 13 heavy (non-hydrogen) atoms. The second-order valence-electron chi connectivity index (χ2n) is 2.90. The number of hydrogen-bond acceptors (Lipinski definition) is 2. The molecular weight excluding hydrogens is 169 g/mol. The number of fused-ring (bicyclic) bond motifs is 1. The van der Waals surface area contributed by atoms with Gasteiger partial charge in [0.25, 0.3) is 0 Å². The molecule has 0 atom stereocenters. The van der Waals surface area contributed by atoms with Crippen LogP contribution in [-0.2, 0) is 6.42 Å². The second-order valence-corrected chi connectivity index (χ2v) is 2.90. The van der Waals surface area contributed by atoms with Crippen molar-refractivity contribution in [1.29, 1.82) is 0 Å². The van der Waals surface area contributed by atoms with Crippen molar-refractivity contribution in [2.45, 2.75) is 6.42 Å². The first-order chi connectivity index (χ1) is 6.31. The number of nitrogens with two attached hydrogens (primary N) is 1. The van der Waals surface area contributed by atoms with E-state index in [9.17, 15) is 4.39 Å². The lowest BCUT2D eigenvalue weighted by Crippen LogP contribution is -2.02. The fraction of sp³-hybridized carbons (Fsp3) is 0.222. The Balaban J connectivity index is 2.55. The van der Waals surface area contributed by atoms with E-state index in [1.165, 1.54) is 12.3 Å². The quantitative estimate of drug-likeness (QED) is 0.727. The van der Waals surface area contributed by atoms with E-state index in [-0.39, 0.29) is 5.82 Å². The Morgan fingerprint density at radius 3 is 3.15 bits per heavy atom. The first kappa shape index (κ1) is 8.19.